The van der Waals surface area contributed by atoms with Crippen molar-refractivity contribution in [2.24, 2.45) is 5.92 Å². The zero-order chi connectivity index (χ0) is 26.2. The maximum Gasteiger partial charge on any atom is 0.343 e. The highest BCUT2D eigenvalue weighted by Crippen LogP contribution is 2.18. The molecule has 0 bridgehead atoms. The van der Waals surface area contributed by atoms with Gasteiger partial charge in [-0.3, -0.25) is 9.59 Å². The molecule has 36 heavy (non-hydrogen) atoms. The molecule has 0 heterocycles. The second kappa shape index (κ2) is 16.3. The molecule has 0 spiro atoms. The van der Waals surface area contributed by atoms with Crippen LogP contribution in [0.25, 0.3) is 0 Å². The van der Waals surface area contributed by atoms with Crippen LogP contribution in [0.3, 0.4) is 0 Å². The van der Waals surface area contributed by atoms with Gasteiger partial charge >= 0.3 is 11.9 Å². The molecule has 2 aromatic carbocycles. The van der Waals surface area contributed by atoms with Gasteiger partial charge < -0.3 is 29.0 Å². The smallest absolute Gasteiger partial charge is 0.343 e. The summed E-state index contributed by atoms with van der Waals surface area (Å²) >= 11 is 0. The average molecular weight is 502 g/mol. The highest BCUT2D eigenvalue weighted by molar-refractivity contribution is 5.91. The van der Waals surface area contributed by atoms with Crippen molar-refractivity contribution in [3.8, 4) is 11.5 Å². The molecule has 2 aromatic rings. The Bertz CT molecular complexity index is 943. The lowest BCUT2D eigenvalue weighted by Gasteiger charge is -2.11. The molecule has 0 saturated carbocycles. The molecule has 0 aliphatic carbocycles. The van der Waals surface area contributed by atoms with Gasteiger partial charge in [0, 0.05) is 12.6 Å². The van der Waals surface area contributed by atoms with Gasteiger partial charge in [-0.05, 0) is 55.0 Å². The summed E-state index contributed by atoms with van der Waals surface area (Å²) in [5, 5.41) is 2.65. The van der Waals surface area contributed by atoms with Crippen LogP contribution in [-0.2, 0) is 23.8 Å². The van der Waals surface area contributed by atoms with E-state index in [2.05, 4.69) is 5.32 Å². The van der Waals surface area contributed by atoms with Gasteiger partial charge in [-0.2, -0.15) is 0 Å². The molecule has 0 fully saturated rings. The van der Waals surface area contributed by atoms with Gasteiger partial charge in [-0.25, -0.2) is 4.79 Å². The molecule has 9 heteroatoms. The average Bonchev–Trinajstić information content (AvgIpc) is 2.86. The molecule has 1 amide bonds. The summed E-state index contributed by atoms with van der Waals surface area (Å²) < 4.78 is 26.9. The Morgan fingerprint density at radius 2 is 1.39 bits per heavy atom. The molecule has 2 rings (SSSR count). The molecular formula is C27H35NO8. The third-order valence-electron chi connectivity index (χ3n) is 4.94. The minimum absolute atomic E-state index is 0.0792. The molecule has 1 unspecified atom stereocenters. The van der Waals surface area contributed by atoms with Crippen molar-refractivity contribution < 1.29 is 38.1 Å². The summed E-state index contributed by atoms with van der Waals surface area (Å²) in [5.74, 6) is 0.0369. The Labute approximate surface area is 212 Å². The molecule has 196 valence electrons. The monoisotopic (exact) mass is 501 g/mol. The zero-order valence-corrected chi connectivity index (χ0v) is 21.1. The summed E-state index contributed by atoms with van der Waals surface area (Å²) in [4.78, 5) is 35.0. The molecule has 0 radical (unpaired) electrons. The van der Waals surface area contributed by atoms with Crippen molar-refractivity contribution in [3.05, 3.63) is 54.1 Å². The number of hydrogen-bond donors (Lipinski definition) is 1. The van der Waals surface area contributed by atoms with Crippen molar-refractivity contribution in [3.63, 3.8) is 0 Å². The number of rotatable bonds is 16. The van der Waals surface area contributed by atoms with E-state index in [1.165, 1.54) is 6.92 Å². The lowest BCUT2D eigenvalue weighted by atomic mass is 10.1. The SMILES string of the molecule is CCCC(C)C(=O)OCCOCCOCCOc1ccc(C(=O)Oc2ccc(NC(C)=O)cc2)cc1. The highest BCUT2D eigenvalue weighted by Gasteiger charge is 2.12. The van der Waals surface area contributed by atoms with Gasteiger partial charge in [0.1, 0.15) is 24.7 Å². The summed E-state index contributed by atoms with van der Waals surface area (Å²) in [6.07, 6.45) is 1.77. The van der Waals surface area contributed by atoms with Crippen molar-refractivity contribution >= 4 is 23.5 Å². The molecule has 1 atom stereocenters. The van der Waals surface area contributed by atoms with E-state index in [1.807, 2.05) is 13.8 Å². The topological polar surface area (TPSA) is 109 Å². The van der Waals surface area contributed by atoms with Crippen LogP contribution < -0.4 is 14.8 Å². The van der Waals surface area contributed by atoms with Gasteiger partial charge in [-0.1, -0.05) is 20.3 Å². The van der Waals surface area contributed by atoms with E-state index in [0.717, 1.165) is 12.8 Å². The fourth-order valence-electron chi connectivity index (χ4n) is 3.10. The fourth-order valence-corrected chi connectivity index (χ4v) is 3.10. The Morgan fingerprint density at radius 3 is 2.00 bits per heavy atom. The van der Waals surface area contributed by atoms with Gasteiger partial charge in [0.05, 0.1) is 37.9 Å². The van der Waals surface area contributed by atoms with E-state index in [-0.39, 0.29) is 24.4 Å². The third kappa shape index (κ3) is 11.3. The van der Waals surface area contributed by atoms with E-state index in [0.29, 0.717) is 55.8 Å². The predicted molar refractivity (Wildman–Crippen MR) is 134 cm³/mol. The number of carbonyl (C=O) groups is 3. The first kappa shape index (κ1) is 28.8. The Balaban J connectivity index is 1.55. The summed E-state index contributed by atoms with van der Waals surface area (Å²) in [5.41, 5.74) is 1.00. The number of amides is 1. The van der Waals surface area contributed by atoms with E-state index in [4.69, 9.17) is 23.7 Å². The van der Waals surface area contributed by atoms with Crippen LogP contribution in [0.1, 0.15) is 44.0 Å². The Kier molecular flexibility index (Phi) is 13.0. The predicted octanol–water partition coefficient (Wildman–Crippen LogP) is 4.26. The molecule has 0 aliphatic heterocycles. The highest BCUT2D eigenvalue weighted by atomic mass is 16.6. The van der Waals surface area contributed by atoms with Crippen molar-refractivity contribution in [2.75, 3.05) is 45.0 Å². The number of esters is 2. The first-order chi connectivity index (χ1) is 17.4. The van der Waals surface area contributed by atoms with E-state index in [1.54, 1.807) is 48.5 Å². The number of carbonyl (C=O) groups excluding carboxylic acids is 3. The Hall–Kier alpha value is -3.43. The minimum Gasteiger partial charge on any atom is -0.491 e. The van der Waals surface area contributed by atoms with E-state index < -0.39 is 5.97 Å². The second-order valence-corrected chi connectivity index (χ2v) is 8.05. The number of anilines is 1. The van der Waals surface area contributed by atoms with Crippen LogP contribution in [0.15, 0.2) is 48.5 Å². The van der Waals surface area contributed by atoms with E-state index >= 15 is 0 Å². The Morgan fingerprint density at radius 1 is 0.806 bits per heavy atom. The largest absolute Gasteiger partial charge is 0.491 e. The van der Waals surface area contributed by atoms with Crippen LogP contribution >= 0.6 is 0 Å². The maximum absolute atomic E-state index is 12.3. The van der Waals surface area contributed by atoms with Crippen LogP contribution in [0.5, 0.6) is 11.5 Å². The van der Waals surface area contributed by atoms with Gasteiger partial charge in [-0.15, -0.1) is 0 Å². The quantitative estimate of drug-likeness (QED) is 0.207. The van der Waals surface area contributed by atoms with Crippen LogP contribution in [0.2, 0.25) is 0 Å². The minimum atomic E-state index is -0.498. The maximum atomic E-state index is 12.3. The number of ether oxygens (including phenoxy) is 5. The first-order valence-corrected chi connectivity index (χ1v) is 12.0. The number of nitrogens with one attached hydrogen (secondary N) is 1. The third-order valence-corrected chi connectivity index (χ3v) is 4.94. The standard InChI is InChI=1S/C27H35NO8/c1-4-5-20(2)26(30)35-19-17-33-15-14-32-16-18-34-24-10-6-22(7-11-24)27(31)36-25-12-8-23(9-13-25)28-21(3)29/h6-13,20H,4-5,14-19H2,1-3H3,(H,28,29). The summed E-state index contributed by atoms with van der Waals surface area (Å²) in [6, 6.07) is 13.1. The van der Waals surface area contributed by atoms with Crippen molar-refractivity contribution in [1.82, 2.24) is 0 Å². The number of benzene rings is 2. The number of hydrogen-bond acceptors (Lipinski definition) is 8. The second-order valence-electron chi connectivity index (χ2n) is 8.05. The van der Waals surface area contributed by atoms with Crippen molar-refractivity contribution in [1.29, 1.82) is 0 Å². The van der Waals surface area contributed by atoms with Crippen molar-refractivity contribution in [2.45, 2.75) is 33.6 Å². The van der Waals surface area contributed by atoms with Crippen LogP contribution in [0.4, 0.5) is 5.69 Å². The lowest BCUT2D eigenvalue weighted by molar-refractivity contribution is -0.149. The molecule has 0 aliphatic rings. The van der Waals surface area contributed by atoms with E-state index in [9.17, 15) is 14.4 Å². The van der Waals surface area contributed by atoms with Gasteiger partial charge in [0.25, 0.3) is 0 Å². The van der Waals surface area contributed by atoms with Crippen LogP contribution in [-0.4, -0.2) is 57.5 Å². The molecule has 0 saturated heterocycles. The fraction of sp³-hybridized carbons (Fsp3) is 0.444. The summed E-state index contributed by atoms with van der Waals surface area (Å²) in [7, 11) is 0. The van der Waals surface area contributed by atoms with Gasteiger partial charge in [0.2, 0.25) is 5.91 Å². The lowest BCUT2D eigenvalue weighted by Crippen LogP contribution is -2.18. The van der Waals surface area contributed by atoms with Crippen LogP contribution in [0, 0.1) is 5.92 Å². The zero-order valence-electron chi connectivity index (χ0n) is 21.1. The van der Waals surface area contributed by atoms with Gasteiger partial charge in [0.15, 0.2) is 0 Å². The molecular weight excluding hydrogens is 466 g/mol. The first-order valence-electron chi connectivity index (χ1n) is 12.0. The molecule has 9 nitrogen and oxygen atoms in total. The molecule has 1 N–H and O–H groups in total. The normalized spacial score (nSPS) is 11.4. The molecule has 0 aromatic heterocycles. The summed E-state index contributed by atoms with van der Waals surface area (Å²) in [6.45, 7) is 7.42.